The van der Waals surface area contributed by atoms with Crippen LogP contribution in [0, 0.1) is 11.3 Å². The van der Waals surface area contributed by atoms with E-state index >= 15 is 0 Å². The van der Waals surface area contributed by atoms with Crippen LogP contribution in [0.4, 0.5) is 0 Å². The minimum absolute atomic E-state index is 0.483. The molecule has 0 aliphatic heterocycles. The van der Waals surface area contributed by atoms with E-state index in [0.717, 1.165) is 12.0 Å². The van der Waals surface area contributed by atoms with Crippen LogP contribution in [-0.4, -0.2) is 11.2 Å². The van der Waals surface area contributed by atoms with E-state index in [9.17, 15) is 0 Å². The van der Waals surface area contributed by atoms with Crippen molar-refractivity contribution in [3.8, 4) is 6.07 Å². The molecule has 0 saturated heterocycles. The van der Waals surface area contributed by atoms with Gasteiger partial charge in [-0.15, -0.1) is 0 Å². The highest BCUT2D eigenvalue weighted by Crippen LogP contribution is 2.13. The van der Waals surface area contributed by atoms with Crippen molar-refractivity contribution in [2.75, 3.05) is 0 Å². The third-order valence-electron chi connectivity index (χ3n) is 1.58. The molecule has 0 aromatic rings. The predicted molar refractivity (Wildman–Crippen MR) is 49.4 cm³/mol. The van der Waals surface area contributed by atoms with Gasteiger partial charge in [-0.05, 0) is 25.8 Å². The van der Waals surface area contributed by atoms with Crippen LogP contribution in [0.15, 0.2) is 23.3 Å². The zero-order valence-electron chi connectivity index (χ0n) is 7.83. The lowest BCUT2D eigenvalue weighted by molar-refractivity contribution is 0.243. The summed E-state index contributed by atoms with van der Waals surface area (Å²) < 4.78 is 0. The average molecular weight is 165 g/mol. The van der Waals surface area contributed by atoms with Gasteiger partial charge < -0.3 is 5.11 Å². The second-order valence-electron chi connectivity index (χ2n) is 2.60. The highest BCUT2D eigenvalue weighted by Gasteiger charge is 2.01. The zero-order valence-corrected chi connectivity index (χ0v) is 7.83. The topological polar surface area (TPSA) is 44.0 Å². The van der Waals surface area contributed by atoms with Crippen LogP contribution in [0.2, 0.25) is 0 Å². The van der Waals surface area contributed by atoms with E-state index in [-0.39, 0.29) is 0 Å². The molecular formula is C10H15NO. The van der Waals surface area contributed by atoms with Crippen LogP contribution in [0.1, 0.15) is 27.2 Å². The fraction of sp³-hybridized carbons (Fsp3) is 0.500. The summed E-state index contributed by atoms with van der Waals surface area (Å²) in [5.74, 6) is 0. The van der Waals surface area contributed by atoms with E-state index in [4.69, 9.17) is 10.4 Å². The lowest BCUT2D eigenvalue weighted by Gasteiger charge is -2.03. The van der Waals surface area contributed by atoms with Gasteiger partial charge in [0.2, 0.25) is 0 Å². The Morgan fingerprint density at radius 1 is 1.67 bits per heavy atom. The number of hydrogen-bond acceptors (Lipinski definition) is 2. The van der Waals surface area contributed by atoms with Crippen LogP contribution in [0.25, 0.3) is 0 Å². The molecule has 0 aliphatic carbocycles. The first kappa shape index (κ1) is 10.9. The van der Waals surface area contributed by atoms with Crippen molar-refractivity contribution in [3.05, 3.63) is 23.3 Å². The summed E-state index contributed by atoms with van der Waals surface area (Å²) in [7, 11) is 0. The van der Waals surface area contributed by atoms with Crippen LogP contribution in [0.5, 0.6) is 0 Å². The second kappa shape index (κ2) is 5.56. The molecule has 1 atom stereocenters. The van der Waals surface area contributed by atoms with Crippen molar-refractivity contribution < 1.29 is 5.11 Å². The van der Waals surface area contributed by atoms with Crippen LogP contribution in [-0.2, 0) is 0 Å². The highest BCUT2D eigenvalue weighted by molar-refractivity contribution is 5.41. The largest absolute Gasteiger partial charge is 0.389 e. The Kier molecular flexibility index (Phi) is 5.07. The van der Waals surface area contributed by atoms with Gasteiger partial charge in [0, 0.05) is 0 Å². The molecule has 2 heteroatoms. The Bertz CT molecular complexity index is 231. The lowest BCUT2D eigenvalue weighted by Crippen LogP contribution is -1.97. The first-order valence-electron chi connectivity index (χ1n) is 4.11. The summed E-state index contributed by atoms with van der Waals surface area (Å²) in [6, 6.07) is 2.09. The van der Waals surface area contributed by atoms with Gasteiger partial charge in [-0.1, -0.05) is 19.1 Å². The van der Waals surface area contributed by atoms with Gasteiger partial charge in [0.25, 0.3) is 0 Å². The van der Waals surface area contributed by atoms with Crippen molar-refractivity contribution >= 4 is 0 Å². The molecule has 0 radical (unpaired) electrons. The Balaban J connectivity index is 4.69. The van der Waals surface area contributed by atoms with Crippen molar-refractivity contribution in [1.29, 1.82) is 5.26 Å². The molecule has 0 fully saturated rings. The zero-order chi connectivity index (χ0) is 9.56. The van der Waals surface area contributed by atoms with Gasteiger partial charge >= 0.3 is 0 Å². The molecule has 66 valence electrons. The van der Waals surface area contributed by atoms with Gasteiger partial charge in [0.1, 0.15) is 0 Å². The number of aliphatic hydroxyl groups is 1. The number of nitrogens with zero attached hydrogens (tertiary/aromatic N) is 1. The minimum atomic E-state index is -0.483. The van der Waals surface area contributed by atoms with Gasteiger partial charge in [-0.25, -0.2) is 0 Å². The van der Waals surface area contributed by atoms with Gasteiger partial charge in [0.05, 0.1) is 17.7 Å². The molecule has 1 unspecified atom stereocenters. The fourth-order valence-electron chi connectivity index (χ4n) is 1.01. The SMILES string of the molecule is C/C=C(C#N)/C(=C/C(C)O)CC. The van der Waals surface area contributed by atoms with E-state index in [1.54, 1.807) is 19.1 Å². The third kappa shape index (κ3) is 3.36. The Morgan fingerprint density at radius 3 is 2.50 bits per heavy atom. The molecule has 0 saturated carbocycles. The van der Waals surface area contributed by atoms with E-state index in [1.807, 2.05) is 13.8 Å². The standard InChI is InChI=1S/C10H15NO/c1-4-9(6-8(3)12)10(5-2)7-11/h5-6,8,12H,4H2,1-3H3/b9-6+,10-5+. The molecule has 0 amide bonds. The highest BCUT2D eigenvalue weighted by atomic mass is 16.3. The molecule has 0 aromatic carbocycles. The van der Waals surface area contributed by atoms with E-state index < -0.39 is 6.10 Å². The maximum Gasteiger partial charge on any atom is 0.0990 e. The van der Waals surface area contributed by atoms with Gasteiger partial charge in [0.15, 0.2) is 0 Å². The molecular weight excluding hydrogens is 150 g/mol. The molecule has 0 aromatic heterocycles. The molecule has 0 spiro atoms. The fourth-order valence-corrected chi connectivity index (χ4v) is 1.01. The molecule has 0 rings (SSSR count). The second-order valence-corrected chi connectivity index (χ2v) is 2.60. The van der Waals surface area contributed by atoms with Gasteiger partial charge in [-0.3, -0.25) is 0 Å². The molecule has 2 nitrogen and oxygen atoms in total. The van der Waals surface area contributed by atoms with Crippen molar-refractivity contribution in [2.45, 2.75) is 33.3 Å². The molecule has 1 N–H and O–H groups in total. The normalized spacial score (nSPS) is 15.6. The van der Waals surface area contributed by atoms with Gasteiger partial charge in [-0.2, -0.15) is 5.26 Å². The minimum Gasteiger partial charge on any atom is -0.389 e. The summed E-state index contributed by atoms with van der Waals surface area (Å²) in [4.78, 5) is 0. The van der Waals surface area contributed by atoms with Crippen molar-refractivity contribution in [3.63, 3.8) is 0 Å². The summed E-state index contributed by atoms with van der Waals surface area (Å²) in [5, 5.41) is 17.8. The molecule has 12 heavy (non-hydrogen) atoms. The first-order valence-corrected chi connectivity index (χ1v) is 4.11. The third-order valence-corrected chi connectivity index (χ3v) is 1.58. The molecule has 0 heterocycles. The first-order chi connectivity index (χ1) is 5.65. The van der Waals surface area contributed by atoms with Crippen molar-refractivity contribution in [1.82, 2.24) is 0 Å². The number of aliphatic hydroxyl groups excluding tert-OH is 1. The number of nitriles is 1. The van der Waals surface area contributed by atoms with Crippen LogP contribution < -0.4 is 0 Å². The summed E-state index contributed by atoms with van der Waals surface area (Å²) in [6.45, 7) is 5.47. The number of hydrogen-bond donors (Lipinski definition) is 1. The Morgan fingerprint density at radius 2 is 2.25 bits per heavy atom. The van der Waals surface area contributed by atoms with Crippen LogP contribution in [0.3, 0.4) is 0 Å². The van der Waals surface area contributed by atoms with E-state index in [1.165, 1.54) is 0 Å². The maximum atomic E-state index is 9.08. The van der Waals surface area contributed by atoms with Crippen molar-refractivity contribution in [2.24, 2.45) is 0 Å². The monoisotopic (exact) mass is 165 g/mol. The maximum absolute atomic E-state index is 9.08. The van der Waals surface area contributed by atoms with E-state index in [2.05, 4.69) is 6.07 Å². The number of rotatable bonds is 3. The summed E-state index contributed by atoms with van der Waals surface area (Å²) in [6.07, 6.45) is 3.76. The summed E-state index contributed by atoms with van der Waals surface area (Å²) in [5.41, 5.74) is 1.56. The quantitative estimate of drug-likeness (QED) is 0.514. The van der Waals surface area contributed by atoms with E-state index in [0.29, 0.717) is 5.57 Å². The Hall–Kier alpha value is -1.07. The average Bonchev–Trinajstić information content (AvgIpc) is 2.04. The van der Waals surface area contributed by atoms with Crippen LogP contribution >= 0.6 is 0 Å². The smallest absolute Gasteiger partial charge is 0.0990 e. The lowest BCUT2D eigenvalue weighted by atomic mass is 10.0. The summed E-state index contributed by atoms with van der Waals surface area (Å²) >= 11 is 0. The number of allylic oxidation sites excluding steroid dienone is 3. The predicted octanol–water partition coefficient (Wildman–Crippen LogP) is 2.17. The Labute approximate surface area is 73.8 Å². The molecule has 0 bridgehead atoms. The molecule has 0 aliphatic rings.